The van der Waals surface area contributed by atoms with Crippen molar-refractivity contribution in [1.82, 2.24) is 4.90 Å². The molecule has 4 rings (SSSR count). The molecule has 0 aliphatic carbocycles. The lowest BCUT2D eigenvalue weighted by Gasteiger charge is -2.35. The average Bonchev–Trinajstić information content (AvgIpc) is 3.18. The highest BCUT2D eigenvalue weighted by Gasteiger charge is 2.31. The smallest absolute Gasteiger partial charge is 0.115 e. The van der Waals surface area contributed by atoms with Gasteiger partial charge in [-0.2, -0.15) is 0 Å². The van der Waals surface area contributed by atoms with Crippen molar-refractivity contribution < 1.29 is 14.9 Å². The van der Waals surface area contributed by atoms with E-state index in [2.05, 4.69) is 11.0 Å². The Morgan fingerprint density at radius 3 is 2.54 bits per heavy atom. The van der Waals surface area contributed by atoms with Crippen molar-refractivity contribution in [2.24, 2.45) is 0 Å². The van der Waals surface area contributed by atoms with Crippen molar-refractivity contribution in [2.75, 3.05) is 19.6 Å². The molecule has 0 bridgehead atoms. The number of hydrogen-bond donors (Lipinski definition) is 2. The number of aliphatic hydroxyl groups excluding tert-OH is 1. The summed E-state index contributed by atoms with van der Waals surface area (Å²) in [4.78, 5) is 2.44. The summed E-state index contributed by atoms with van der Waals surface area (Å²) in [6.45, 7) is 3.18. The monoisotopic (exact) mass is 401 g/mol. The third kappa shape index (κ3) is 4.87. The summed E-state index contributed by atoms with van der Waals surface area (Å²) in [6.07, 6.45) is 4.18. The first-order valence-corrected chi connectivity index (χ1v) is 10.6. The molecule has 2 heterocycles. The van der Waals surface area contributed by atoms with Gasteiger partial charge in [0.25, 0.3) is 0 Å². The van der Waals surface area contributed by atoms with Gasteiger partial charge in [0, 0.05) is 24.4 Å². The maximum Gasteiger partial charge on any atom is 0.115 e. The van der Waals surface area contributed by atoms with E-state index in [1.807, 2.05) is 24.3 Å². The fourth-order valence-corrected chi connectivity index (χ4v) is 4.52. The van der Waals surface area contributed by atoms with Crippen LogP contribution in [0.3, 0.4) is 0 Å². The van der Waals surface area contributed by atoms with Crippen molar-refractivity contribution in [3.05, 3.63) is 64.2 Å². The molecular weight excluding hydrogens is 374 g/mol. The van der Waals surface area contributed by atoms with Crippen molar-refractivity contribution >= 4 is 11.6 Å². The summed E-state index contributed by atoms with van der Waals surface area (Å²) in [5, 5.41) is 20.6. The lowest BCUT2D eigenvalue weighted by atomic mass is 9.93. The number of phenols is 1. The van der Waals surface area contributed by atoms with E-state index in [9.17, 15) is 10.2 Å². The summed E-state index contributed by atoms with van der Waals surface area (Å²) in [5.74, 6) is 0.261. The van der Waals surface area contributed by atoms with E-state index in [4.69, 9.17) is 16.3 Å². The Morgan fingerprint density at radius 2 is 1.79 bits per heavy atom. The molecule has 2 fully saturated rings. The van der Waals surface area contributed by atoms with Crippen LogP contribution in [0.4, 0.5) is 0 Å². The molecule has 3 unspecified atom stereocenters. The Kier molecular flexibility index (Phi) is 6.22. The fraction of sp³-hybridized carbons (Fsp3) is 0.478. The predicted molar refractivity (Wildman–Crippen MR) is 111 cm³/mol. The standard InChI is InChI=1S/C23H28ClNO3/c24-22-8-5-17(12-18(22)11-16-3-6-19(26)7-4-16)23-14-20(27)13-21(28-23)15-25-9-1-2-10-25/h3-8,12,20-21,23,26-27H,1-2,9-11,13-15H2. The Labute approximate surface area is 171 Å². The number of benzene rings is 2. The van der Waals surface area contributed by atoms with Crippen LogP contribution in [0.5, 0.6) is 5.75 Å². The second-order valence-electron chi connectivity index (χ2n) is 8.07. The molecule has 0 aromatic heterocycles. The minimum atomic E-state index is -0.331. The first-order valence-electron chi connectivity index (χ1n) is 10.2. The largest absolute Gasteiger partial charge is 0.508 e. The number of aromatic hydroxyl groups is 1. The van der Waals surface area contributed by atoms with Gasteiger partial charge in [0.1, 0.15) is 5.75 Å². The Balaban J connectivity index is 1.48. The van der Waals surface area contributed by atoms with E-state index < -0.39 is 0 Å². The zero-order valence-electron chi connectivity index (χ0n) is 16.1. The van der Waals surface area contributed by atoms with Gasteiger partial charge in [-0.25, -0.2) is 0 Å². The normalized spacial score (nSPS) is 25.9. The van der Waals surface area contributed by atoms with Crippen LogP contribution in [0.1, 0.15) is 48.5 Å². The van der Waals surface area contributed by atoms with Crippen LogP contribution in [0, 0.1) is 0 Å². The molecule has 4 nitrogen and oxygen atoms in total. The third-order valence-corrected chi connectivity index (χ3v) is 6.18. The lowest BCUT2D eigenvalue weighted by molar-refractivity contribution is -0.105. The summed E-state index contributed by atoms with van der Waals surface area (Å²) in [7, 11) is 0. The van der Waals surface area contributed by atoms with Crippen LogP contribution >= 0.6 is 11.6 Å². The summed E-state index contributed by atoms with van der Waals surface area (Å²) in [5.41, 5.74) is 3.20. The number of phenolic OH excluding ortho intramolecular Hbond substituents is 1. The highest BCUT2D eigenvalue weighted by molar-refractivity contribution is 6.31. The van der Waals surface area contributed by atoms with E-state index in [0.717, 1.165) is 41.3 Å². The van der Waals surface area contributed by atoms with Gasteiger partial charge >= 0.3 is 0 Å². The van der Waals surface area contributed by atoms with Gasteiger partial charge in [-0.05, 0) is 67.2 Å². The van der Waals surface area contributed by atoms with Crippen LogP contribution in [0.15, 0.2) is 42.5 Å². The second kappa shape index (κ2) is 8.83. The summed E-state index contributed by atoms with van der Waals surface area (Å²) in [6, 6.07) is 13.2. The number of halogens is 1. The van der Waals surface area contributed by atoms with Gasteiger partial charge in [0.05, 0.1) is 18.3 Å². The number of aliphatic hydroxyl groups is 1. The second-order valence-corrected chi connectivity index (χ2v) is 8.48. The van der Waals surface area contributed by atoms with Crippen molar-refractivity contribution in [3.8, 4) is 5.75 Å². The molecular formula is C23H28ClNO3. The zero-order valence-corrected chi connectivity index (χ0v) is 16.8. The predicted octanol–water partition coefficient (Wildman–Crippen LogP) is 4.31. The van der Waals surface area contributed by atoms with Gasteiger partial charge in [-0.3, -0.25) is 0 Å². The molecule has 0 radical (unpaired) electrons. The number of nitrogens with zero attached hydrogens (tertiary/aromatic N) is 1. The van der Waals surface area contributed by atoms with E-state index in [1.165, 1.54) is 12.8 Å². The topological polar surface area (TPSA) is 52.9 Å². The average molecular weight is 402 g/mol. The molecule has 3 atom stereocenters. The van der Waals surface area contributed by atoms with Crippen LogP contribution in [-0.2, 0) is 11.2 Å². The molecule has 2 aliphatic heterocycles. The van der Waals surface area contributed by atoms with Crippen LogP contribution in [-0.4, -0.2) is 47.0 Å². The highest BCUT2D eigenvalue weighted by Crippen LogP contribution is 2.34. The van der Waals surface area contributed by atoms with E-state index >= 15 is 0 Å². The van der Waals surface area contributed by atoms with Crippen LogP contribution in [0.25, 0.3) is 0 Å². The van der Waals surface area contributed by atoms with E-state index in [0.29, 0.717) is 19.3 Å². The number of likely N-dealkylation sites (tertiary alicyclic amines) is 1. The Hall–Kier alpha value is -1.59. The minimum Gasteiger partial charge on any atom is -0.508 e. The van der Waals surface area contributed by atoms with Crippen molar-refractivity contribution in [3.63, 3.8) is 0 Å². The SMILES string of the molecule is Oc1ccc(Cc2cc(C3CC(O)CC(CN4CCCC4)O3)ccc2Cl)cc1. The molecule has 2 aromatic rings. The molecule has 28 heavy (non-hydrogen) atoms. The first kappa shape index (κ1) is 19.7. The minimum absolute atomic E-state index is 0.0723. The molecule has 0 saturated carbocycles. The van der Waals surface area contributed by atoms with Crippen LogP contribution in [0.2, 0.25) is 5.02 Å². The zero-order chi connectivity index (χ0) is 19.5. The number of ether oxygens (including phenoxy) is 1. The maximum absolute atomic E-state index is 10.4. The molecule has 150 valence electrons. The van der Waals surface area contributed by atoms with Gasteiger partial charge in [-0.1, -0.05) is 35.9 Å². The number of hydrogen-bond acceptors (Lipinski definition) is 4. The molecule has 2 N–H and O–H groups in total. The molecule has 2 saturated heterocycles. The highest BCUT2D eigenvalue weighted by atomic mass is 35.5. The fourth-order valence-electron chi connectivity index (χ4n) is 4.34. The molecule has 5 heteroatoms. The third-order valence-electron chi connectivity index (χ3n) is 5.81. The van der Waals surface area contributed by atoms with Gasteiger partial charge in [0.15, 0.2) is 0 Å². The summed E-state index contributed by atoms with van der Waals surface area (Å²) < 4.78 is 6.39. The quantitative estimate of drug-likeness (QED) is 0.783. The Morgan fingerprint density at radius 1 is 1.04 bits per heavy atom. The first-order chi connectivity index (χ1) is 13.6. The molecule has 2 aliphatic rings. The number of rotatable bonds is 5. The Bertz CT molecular complexity index is 789. The molecule has 0 amide bonds. The lowest BCUT2D eigenvalue weighted by Crippen LogP contribution is -2.39. The molecule has 0 spiro atoms. The van der Waals surface area contributed by atoms with Crippen molar-refractivity contribution in [2.45, 2.75) is 50.4 Å². The van der Waals surface area contributed by atoms with E-state index in [1.54, 1.807) is 12.1 Å². The maximum atomic E-state index is 10.4. The van der Waals surface area contributed by atoms with Gasteiger partial charge in [-0.15, -0.1) is 0 Å². The molecule has 2 aromatic carbocycles. The van der Waals surface area contributed by atoms with Crippen molar-refractivity contribution in [1.29, 1.82) is 0 Å². The van der Waals surface area contributed by atoms with Gasteiger partial charge in [0.2, 0.25) is 0 Å². The van der Waals surface area contributed by atoms with Gasteiger partial charge < -0.3 is 19.8 Å². The van der Waals surface area contributed by atoms with Crippen LogP contribution < -0.4 is 0 Å². The summed E-state index contributed by atoms with van der Waals surface area (Å²) >= 11 is 6.44. The van der Waals surface area contributed by atoms with E-state index in [-0.39, 0.29) is 24.1 Å².